The summed E-state index contributed by atoms with van der Waals surface area (Å²) >= 11 is 6.24. The molecule has 0 radical (unpaired) electrons. The molecule has 0 amide bonds. The Morgan fingerprint density at radius 1 is 1.13 bits per heavy atom. The largest absolute Gasteiger partial charge is 0.333 e. The van der Waals surface area contributed by atoms with Gasteiger partial charge >= 0.3 is 0 Å². The van der Waals surface area contributed by atoms with Gasteiger partial charge in [0.15, 0.2) is 0 Å². The van der Waals surface area contributed by atoms with E-state index in [0.717, 1.165) is 22.9 Å². The van der Waals surface area contributed by atoms with Gasteiger partial charge in [0.1, 0.15) is 16.9 Å². The Morgan fingerprint density at radius 3 is 2.74 bits per heavy atom. The molecule has 0 aliphatic heterocycles. The van der Waals surface area contributed by atoms with Gasteiger partial charge in [-0.15, -0.1) is 0 Å². The average molecular weight is 324 g/mol. The van der Waals surface area contributed by atoms with Crippen LogP contribution in [-0.2, 0) is 6.42 Å². The van der Waals surface area contributed by atoms with Gasteiger partial charge in [-0.3, -0.25) is 4.79 Å². The summed E-state index contributed by atoms with van der Waals surface area (Å²) in [7, 11) is 0. The zero-order chi connectivity index (χ0) is 16.0. The van der Waals surface area contributed by atoms with E-state index in [4.69, 9.17) is 11.6 Å². The summed E-state index contributed by atoms with van der Waals surface area (Å²) in [6.07, 6.45) is 0.918. The number of halogens is 1. The summed E-state index contributed by atoms with van der Waals surface area (Å²) in [5.41, 5.74) is 3.72. The van der Waals surface area contributed by atoms with E-state index in [0.29, 0.717) is 21.9 Å². The number of nitrogens with one attached hydrogen (secondary N) is 2. The number of hydrogen-bond donors (Lipinski definition) is 2. The van der Waals surface area contributed by atoms with Gasteiger partial charge in [0.25, 0.3) is 5.56 Å². The number of rotatable bonds is 2. The standard InChI is InChI=1S/C18H14ClN3O/c1-2-10-7-8-12-14(9-10)20-18(23)16-15(12)21-17(22-16)11-5-3-4-6-13(11)19/h3-9H,2H2,1H3,(H,20,23)(H,21,22). The Kier molecular flexibility index (Phi) is 3.20. The Bertz CT molecular complexity index is 1090. The third kappa shape index (κ3) is 2.23. The molecule has 0 aliphatic carbocycles. The van der Waals surface area contributed by atoms with Crippen molar-refractivity contribution in [2.45, 2.75) is 13.3 Å². The van der Waals surface area contributed by atoms with E-state index in [9.17, 15) is 4.79 Å². The number of benzene rings is 2. The fourth-order valence-electron chi connectivity index (χ4n) is 2.82. The second kappa shape index (κ2) is 5.25. The summed E-state index contributed by atoms with van der Waals surface area (Å²) in [6.45, 7) is 2.09. The van der Waals surface area contributed by atoms with Crippen LogP contribution in [0.2, 0.25) is 5.02 Å². The maximum atomic E-state index is 12.4. The van der Waals surface area contributed by atoms with E-state index >= 15 is 0 Å². The van der Waals surface area contributed by atoms with Crippen LogP contribution in [0.3, 0.4) is 0 Å². The lowest BCUT2D eigenvalue weighted by atomic mass is 10.1. The van der Waals surface area contributed by atoms with Gasteiger partial charge in [0.2, 0.25) is 0 Å². The van der Waals surface area contributed by atoms with Gasteiger partial charge in [0, 0.05) is 10.9 Å². The number of pyridine rings is 1. The summed E-state index contributed by atoms with van der Waals surface area (Å²) in [6, 6.07) is 13.5. The molecule has 0 unspecified atom stereocenters. The second-order valence-corrected chi connectivity index (χ2v) is 5.88. The Hall–Kier alpha value is -2.59. The fourth-order valence-corrected chi connectivity index (χ4v) is 3.04. The molecule has 4 nitrogen and oxygen atoms in total. The highest BCUT2D eigenvalue weighted by molar-refractivity contribution is 6.33. The minimum atomic E-state index is -0.174. The lowest BCUT2D eigenvalue weighted by Crippen LogP contribution is -2.06. The van der Waals surface area contributed by atoms with Crippen LogP contribution in [0.25, 0.3) is 33.3 Å². The first-order chi connectivity index (χ1) is 11.2. The number of aromatic nitrogens is 3. The van der Waals surface area contributed by atoms with E-state index in [-0.39, 0.29) is 5.56 Å². The van der Waals surface area contributed by atoms with Crippen LogP contribution in [0.5, 0.6) is 0 Å². The number of fused-ring (bicyclic) bond motifs is 3. The van der Waals surface area contributed by atoms with E-state index in [2.05, 4.69) is 27.9 Å². The van der Waals surface area contributed by atoms with Gasteiger partial charge in [-0.2, -0.15) is 0 Å². The number of imidazole rings is 1. The van der Waals surface area contributed by atoms with Crippen LogP contribution in [0.1, 0.15) is 12.5 Å². The van der Waals surface area contributed by atoms with Crippen LogP contribution >= 0.6 is 11.6 Å². The maximum absolute atomic E-state index is 12.4. The van der Waals surface area contributed by atoms with Gasteiger partial charge in [-0.25, -0.2) is 4.98 Å². The van der Waals surface area contributed by atoms with Crippen molar-refractivity contribution in [1.82, 2.24) is 15.0 Å². The molecular formula is C18H14ClN3O. The molecule has 0 spiro atoms. The number of aromatic amines is 2. The molecule has 2 heterocycles. The van der Waals surface area contributed by atoms with E-state index in [1.54, 1.807) is 6.07 Å². The highest BCUT2D eigenvalue weighted by Gasteiger charge is 2.13. The quantitative estimate of drug-likeness (QED) is 0.578. The van der Waals surface area contributed by atoms with E-state index < -0.39 is 0 Å². The van der Waals surface area contributed by atoms with Gasteiger partial charge < -0.3 is 9.97 Å². The minimum absolute atomic E-state index is 0.174. The first kappa shape index (κ1) is 14.0. The second-order valence-electron chi connectivity index (χ2n) is 5.48. The molecule has 4 rings (SSSR count). The van der Waals surface area contributed by atoms with Crippen molar-refractivity contribution < 1.29 is 0 Å². The van der Waals surface area contributed by atoms with Gasteiger partial charge in [0.05, 0.1) is 10.5 Å². The number of hydrogen-bond acceptors (Lipinski definition) is 2. The topological polar surface area (TPSA) is 61.5 Å². The molecule has 114 valence electrons. The third-order valence-corrected chi connectivity index (χ3v) is 4.38. The lowest BCUT2D eigenvalue weighted by molar-refractivity contribution is 1.14. The monoisotopic (exact) mass is 323 g/mol. The molecule has 2 aromatic carbocycles. The SMILES string of the molecule is CCc1ccc2c(c1)[nH]c(=O)c1[nH]c(-c3ccccc3Cl)nc12. The maximum Gasteiger partial charge on any atom is 0.274 e. The van der Waals surface area contributed by atoms with Crippen molar-refractivity contribution in [2.24, 2.45) is 0 Å². The van der Waals surface area contributed by atoms with Crippen LogP contribution in [0.4, 0.5) is 0 Å². The Balaban J connectivity index is 2.05. The van der Waals surface area contributed by atoms with Crippen molar-refractivity contribution in [3.63, 3.8) is 0 Å². The molecule has 2 N–H and O–H groups in total. The summed E-state index contributed by atoms with van der Waals surface area (Å²) in [4.78, 5) is 23.0. The van der Waals surface area contributed by atoms with Crippen molar-refractivity contribution >= 4 is 33.5 Å². The molecule has 23 heavy (non-hydrogen) atoms. The molecule has 0 saturated carbocycles. The number of nitrogens with zero attached hydrogens (tertiary/aromatic N) is 1. The van der Waals surface area contributed by atoms with Crippen LogP contribution in [0.15, 0.2) is 47.3 Å². The zero-order valence-corrected chi connectivity index (χ0v) is 13.2. The van der Waals surface area contributed by atoms with Crippen molar-refractivity contribution in [3.8, 4) is 11.4 Å². The molecule has 5 heteroatoms. The highest BCUT2D eigenvalue weighted by Crippen LogP contribution is 2.28. The van der Waals surface area contributed by atoms with Gasteiger partial charge in [-0.05, 0) is 30.2 Å². The van der Waals surface area contributed by atoms with Crippen LogP contribution < -0.4 is 5.56 Å². The van der Waals surface area contributed by atoms with Crippen molar-refractivity contribution in [3.05, 3.63) is 63.4 Å². The highest BCUT2D eigenvalue weighted by atomic mass is 35.5. The average Bonchev–Trinajstić information content (AvgIpc) is 3.00. The lowest BCUT2D eigenvalue weighted by Gasteiger charge is -2.01. The smallest absolute Gasteiger partial charge is 0.274 e. The molecule has 0 bridgehead atoms. The predicted molar refractivity (Wildman–Crippen MR) is 94.0 cm³/mol. The Labute approximate surface area is 137 Å². The molecule has 0 aliphatic rings. The van der Waals surface area contributed by atoms with Crippen LogP contribution in [-0.4, -0.2) is 15.0 Å². The molecule has 2 aromatic heterocycles. The third-order valence-electron chi connectivity index (χ3n) is 4.06. The normalized spacial score (nSPS) is 11.4. The fraction of sp³-hybridized carbons (Fsp3) is 0.111. The van der Waals surface area contributed by atoms with E-state index in [1.165, 1.54) is 5.56 Å². The molecular weight excluding hydrogens is 310 g/mol. The predicted octanol–water partition coefficient (Wildman–Crippen LogP) is 4.29. The molecule has 0 saturated heterocycles. The number of H-pyrrole nitrogens is 2. The Morgan fingerprint density at radius 2 is 1.96 bits per heavy atom. The number of aryl methyl sites for hydroxylation is 1. The summed E-state index contributed by atoms with van der Waals surface area (Å²) in [5, 5.41) is 1.52. The molecule has 0 fully saturated rings. The molecule has 0 atom stereocenters. The summed E-state index contributed by atoms with van der Waals surface area (Å²) < 4.78 is 0. The van der Waals surface area contributed by atoms with Gasteiger partial charge in [-0.1, -0.05) is 42.8 Å². The van der Waals surface area contributed by atoms with E-state index in [1.807, 2.05) is 30.3 Å². The zero-order valence-electron chi connectivity index (χ0n) is 12.5. The summed E-state index contributed by atoms with van der Waals surface area (Å²) in [5.74, 6) is 0.600. The van der Waals surface area contributed by atoms with Crippen molar-refractivity contribution in [1.29, 1.82) is 0 Å². The van der Waals surface area contributed by atoms with Crippen molar-refractivity contribution in [2.75, 3.05) is 0 Å². The van der Waals surface area contributed by atoms with Crippen LogP contribution in [0, 0.1) is 0 Å². The minimum Gasteiger partial charge on any atom is -0.333 e. The molecule has 4 aromatic rings. The first-order valence-electron chi connectivity index (χ1n) is 7.47. The first-order valence-corrected chi connectivity index (χ1v) is 7.84.